The maximum absolute atomic E-state index is 12.6. The second-order valence-electron chi connectivity index (χ2n) is 4.94. The zero-order chi connectivity index (χ0) is 14.8. The lowest BCUT2D eigenvalue weighted by atomic mass is 10.2. The summed E-state index contributed by atoms with van der Waals surface area (Å²) in [5.41, 5.74) is 6.88. The van der Waals surface area contributed by atoms with Crippen LogP contribution < -0.4 is 5.73 Å². The highest BCUT2D eigenvalue weighted by Crippen LogP contribution is 2.24. The molecule has 0 bridgehead atoms. The largest absolute Gasteiger partial charge is 0.398 e. The molecule has 0 atom stereocenters. The number of nitrogens with two attached hydrogens (primary N) is 1. The van der Waals surface area contributed by atoms with Gasteiger partial charge in [0.15, 0.2) is 0 Å². The predicted molar refractivity (Wildman–Crippen MR) is 77.9 cm³/mol. The molecule has 1 aliphatic heterocycles. The monoisotopic (exact) mass is 299 g/mol. The molecule has 0 spiro atoms. The van der Waals surface area contributed by atoms with Crippen LogP contribution in [0.15, 0.2) is 23.1 Å². The van der Waals surface area contributed by atoms with Crippen molar-refractivity contribution < 1.29 is 13.5 Å². The van der Waals surface area contributed by atoms with Crippen LogP contribution >= 0.6 is 0 Å². The molecule has 6 nitrogen and oxygen atoms in total. The average molecular weight is 299 g/mol. The first-order chi connectivity index (χ1) is 9.46. The minimum absolute atomic E-state index is 0.0983. The molecule has 0 saturated carbocycles. The highest BCUT2D eigenvalue weighted by molar-refractivity contribution is 7.89. The van der Waals surface area contributed by atoms with Crippen LogP contribution in [-0.4, -0.2) is 62.1 Å². The van der Waals surface area contributed by atoms with Crippen molar-refractivity contribution >= 4 is 15.7 Å². The number of β-amino-alcohol motifs (C(OH)–C–C–N with tert-alkyl or cyclic N) is 1. The molecule has 20 heavy (non-hydrogen) atoms. The molecule has 1 heterocycles. The molecule has 2 rings (SSSR count). The van der Waals surface area contributed by atoms with Gasteiger partial charge >= 0.3 is 0 Å². The number of rotatable bonds is 4. The number of benzene rings is 1. The van der Waals surface area contributed by atoms with Crippen molar-refractivity contribution in [3.63, 3.8) is 0 Å². The van der Waals surface area contributed by atoms with Crippen LogP contribution in [0, 0.1) is 6.92 Å². The van der Waals surface area contributed by atoms with E-state index in [9.17, 15) is 8.42 Å². The van der Waals surface area contributed by atoms with Crippen LogP contribution in [0.3, 0.4) is 0 Å². The predicted octanol–water partition coefficient (Wildman–Crippen LogP) is -0.124. The molecule has 0 radical (unpaired) electrons. The Morgan fingerprint density at radius 1 is 1.25 bits per heavy atom. The van der Waals surface area contributed by atoms with E-state index in [1.54, 1.807) is 25.1 Å². The van der Waals surface area contributed by atoms with Gasteiger partial charge in [0, 0.05) is 38.4 Å². The Labute approximate surface area is 119 Å². The molecule has 112 valence electrons. The van der Waals surface area contributed by atoms with Crippen molar-refractivity contribution in [1.82, 2.24) is 9.21 Å². The van der Waals surface area contributed by atoms with Gasteiger partial charge in [-0.1, -0.05) is 6.07 Å². The Kier molecular flexibility index (Phi) is 4.64. The molecule has 1 aliphatic rings. The third kappa shape index (κ3) is 2.95. The first-order valence-electron chi connectivity index (χ1n) is 6.65. The fourth-order valence-electron chi connectivity index (χ4n) is 2.38. The normalized spacial score (nSPS) is 18.3. The lowest BCUT2D eigenvalue weighted by molar-refractivity contribution is 0.151. The fraction of sp³-hybridized carbons (Fsp3) is 0.538. The summed E-state index contributed by atoms with van der Waals surface area (Å²) in [6, 6.07) is 4.96. The Bertz CT molecular complexity index is 566. The molecule has 0 amide bonds. The van der Waals surface area contributed by atoms with Crippen LogP contribution in [0.4, 0.5) is 5.69 Å². The van der Waals surface area contributed by atoms with E-state index in [4.69, 9.17) is 10.8 Å². The lowest BCUT2D eigenvalue weighted by Gasteiger charge is -2.33. The lowest BCUT2D eigenvalue weighted by Crippen LogP contribution is -2.49. The average Bonchev–Trinajstić information content (AvgIpc) is 2.42. The van der Waals surface area contributed by atoms with Gasteiger partial charge in [0.2, 0.25) is 10.0 Å². The molecular formula is C13H21N3O3S. The number of nitrogen functional groups attached to an aromatic ring is 1. The molecule has 1 aromatic rings. The molecule has 1 aromatic carbocycles. The summed E-state index contributed by atoms with van der Waals surface area (Å²) in [5, 5.41) is 8.90. The highest BCUT2D eigenvalue weighted by atomic mass is 32.2. The number of aliphatic hydroxyl groups is 1. The van der Waals surface area contributed by atoms with Gasteiger partial charge < -0.3 is 10.8 Å². The summed E-state index contributed by atoms with van der Waals surface area (Å²) in [7, 11) is -3.49. The van der Waals surface area contributed by atoms with E-state index in [0.29, 0.717) is 44.0 Å². The summed E-state index contributed by atoms with van der Waals surface area (Å²) in [6.45, 7) is 4.58. The molecule has 0 aromatic heterocycles. The number of hydrogen-bond acceptors (Lipinski definition) is 5. The smallest absolute Gasteiger partial charge is 0.243 e. The summed E-state index contributed by atoms with van der Waals surface area (Å²) < 4.78 is 26.7. The zero-order valence-electron chi connectivity index (χ0n) is 11.6. The van der Waals surface area contributed by atoms with Crippen LogP contribution in [0.2, 0.25) is 0 Å². The minimum atomic E-state index is -3.49. The molecule has 1 fully saturated rings. The molecular weight excluding hydrogens is 278 g/mol. The van der Waals surface area contributed by atoms with Gasteiger partial charge in [-0.05, 0) is 24.6 Å². The summed E-state index contributed by atoms with van der Waals surface area (Å²) >= 11 is 0. The third-order valence-electron chi connectivity index (χ3n) is 3.69. The van der Waals surface area contributed by atoms with Crippen LogP contribution in [0.25, 0.3) is 0 Å². The standard InChI is InChI=1S/C13H21N3O3S/c1-11-12(14)3-2-4-13(11)20(18,19)16-7-5-15(6-8-16)9-10-17/h2-4,17H,5-10,14H2,1H3. The summed E-state index contributed by atoms with van der Waals surface area (Å²) in [4.78, 5) is 2.34. The SMILES string of the molecule is Cc1c(N)cccc1S(=O)(=O)N1CCN(CCO)CC1. The Morgan fingerprint density at radius 3 is 2.50 bits per heavy atom. The third-order valence-corrected chi connectivity index (χ3v) is 5.73. The van der Waals surface area contributed by atoms with E-state index in [1.165, 1.54) is 4.31 Å². The van der Waals surface area contributed by atoms with Crippen molar-refractivity contribution in [2.75, 3.05) is 45.1 Å². The second kappa shape index (κ2) is 6.09. The number of piperazine rings is 1. The van der Waals surface area contributed by atoms with Gasteiger partial charge in [-0.2, -0.15) is 4.31 Å². The van der Waals surface area contributed by atoms with E-state index < -0.39 is 10.0 Å². The van der Waals surface area contributed by atoms with Crippen molar-refractivity contribution in [3.05, 3.63) is 23.8 Å². The molecule has 1 saturated heterocycles. The highest BCUT2D eigenvalue weighted by Gasteiger charge is 2.29. The second-order valence-corrected chi connectivity index (χ2v) is 6.85. The maximum atomic E-state index is 12.6. The van der Waals surface area contributed by atoms with Gasteiger partial charge in [0.05, 0.1) is 11.5 Å². The maximum Gasteiger partial charge on any atom is 0.243 e. The number of sulfonamides is 1. The van der Waals surface area contributed by atoms with E-state index in [0.717, 1.165) is 0 Å². The van der Waals surface area contributed by atoms with Crippen molar-refractivity contribution in [1.29, 1.82) is 0 Å². The number of anilines is 1. The van der Waals surface area contributed by atoms with Gasteiger partial charge in [-0.15, -0.1) is 0 Å². The van der Waals surface area contributed by atoms with E-state index in [1.807, 2.05) is 0 Å². The van der Waals surface area contributed by atoms with Gasteiger partial charge in [0.1, 0.15) is 0 Å². The van der Waals surface area contributed by atoms with Crippen LogP contribution in [0.5, 0.6) is 0 Å². The topological polar surface area (TPSA) is 86.9 Å². The summed E-state index contributed by atoms with van der Waals surface area (Å²) in [6.07, 6.45) is 0. The fourth-order valence-corrected chi connectivity index (χ4v) is 4.06. The van der Waals surface area contributed by atoms with Gasteiger partial charge in [-0.25, -0.2) is 8.42 Å². The number of hydrogen-bond donors (Lipinski definition) is 2. The van der Waals surface area contributed by atoms with Crippen molar-refractivity contribution in [3.8, 4) is 0 Å². The molecule has 0 unspecified atom stereocenters. The van der Waals surface area contributed by atoms with Gasteiger partial charge in [0.25, 0.3) is 0 Å². The zero-order valence-corrected chi connectivity index (χ0v) is 12.4. The molecule has 7 heteroatoms. The van der Waals surface area contributed by atoms with Crippen molar-refractivity contribution in [2.45, 2.75) is 11.8 Å². The number of aliphatic hydroxyl groups excluding tert-OH is 1. The van der Waals surface area contributed by atoms with Gasteiger partial charge in [-0.3, -0.25) is 4.90 Å². The Morgan fingerprint density at radius 2 is 1.90 bits per heavy atom. The van der Waals surface area contributed by atoms with Crippen molar-refractivity contribution in [2.24, 2.45) is 0 Å². The minimum Gasteiger partial charge on any atom is -0.398 e. The first-order valence-corrected chi connectivity index (χ1v) is 8.09. The van der Waals surface area contributed by atoms with Crippen LogP contribution in [0.1, 0.15) is 5.56 Å². The van der Waals surface area contributed by atoms with Crippen LogP contribution in [-0.2, 0) is 10.0 Å². The molecule has 3 N–H and O–H groups in total. The van der Waals surface area contributed by atoms with E-state index in [-0.39, 0.29) is 11.5 Å². The Balaban J connectivity index is 2.18. The Hall–Kier alpha value is -1.15. The first kappa shape index (κ1) is 15.2. The molecule has 0 aliphatic carbocycles. The number of nitrogens with zero attached hydrogens (tertiary/aromatic N) is 2. The quantitative estimate of drug-likeness (QED) is 0.757. The van der Waals surface area contributed by atoms with E-state index >= 15 is 0 Å². The van der Waals surface area contributed by atoms with E-state index in [2.05, 4.69) is 4.90 Å². The summed E-state index contributed by atoms with van der Waals surface area (Å²) in [5.74, 6) is 0.